The summed E-state index contributed by atoms with van der Waals surface area (Å²) in [6.45, 7) is 4.28. The first kappa shape index (κ1) is 15.2. The number of para-hydroxylation sites is 1. The third kappa shape index (κ3) is 3.24. The van der Waals surface area contributed by atoms with Gasteiger partial charge in [-0.05, 0) is 30.7 Å². The Kier molecular flexibility index (Phi) is 4.39. The fourth-order valence-corrected chi connectivity index (χ4v) is 2.66. The standard InChI is InChI=1S/C18H19N3O2/c1-2-21-17-6-4-3-5-15(17)16(20-21)12-19-11-13-7-9-14(10-8-13)18(22)23/h3-10,19H,2,11-12H2,1H3,(H,22,23). The quantitative estimate of drug-likeness (QED) is 0.734. The van der Waals surface area contributed by atoms with Crippen molar-refractivity contribution in [3.05, 3.63) is 65.4 Å². The SMILES string of the molecule is CCn1nc(CNCc2ccc(C(=O)O)cc2)c2ccccc21. The van der Waals surface area contributed by atoms with Crippen LogP contribution in [-0.4, -0.2) is 20.9 Å². The van der Waals surface area contributed by atoms with Crippen LogP contribution in [0.5, 0.6) is 0 Å². The highest BCUT2D eigenvalue weighted by atomic mass is 16.4. The molecule has 0 radical (unpaired) electrons. The molecule has 0 fully saturated rings. The lowest BCUT2D eigenvalue weighted by atomic mass is 10.1. The first-order chi connectivity index (χ1) is 11.2. The number of carboxylic acid groups (broad SMARTS) is 1. The average molecular weight is 309 g/mol. The largest absolute Gasteiger partial charge is 0.478 e. The summed E-state index contributed by atoms with van der Waals surface area (Å²) in [5.41, 5.74) is 3.54. The van der Waals surface area contributed by atoms with Crippen LogP contribution in [0.15, 0.2) is 48.5 Å². The maximum Gasteiger partial charge on any atom is 0.335 e. The van der Waals surface area contributed by atoms with Crippen molar-refractivity contribution >= 4 is 16.9 Å². The lowest BCUT2D eigenvalue weighted by Crippen LogP contribution is -2.13. The summed E-state index contributed by atoms with van der Waals surface area (Å²) in [7, 11) is 0. The number of hydrogen-bond acceptors (Lipinski definition) is 3. The number of aryl methyl sites for hydroxylation is 1. The van der Waals surface area contributed by atoms with Gasteiger partial charge in [-0.1, -0.05) is 30.3 Å². The molecule has 0 saturated heterocycles. The molecule has 1 heterocycles. The van der Waals surface area contributed by atoms with Crippen LogP contribution < -0.4 is 5.32 Å². The van der Waals surface area contributed by atoms with Crippen molar-refractivity contribution in [2.24, 2.45) is 0 Å². The number of hydrogen-bond donors (Lipinski definition) is 2. The highest BCUT2D eigenvalue weighted by molar-refractivity contribution is 5.87. The summed E-state index contributed by atoms with van der Waals surface area (Å²) in [6.07, 6.45) is 0. The molecule has 0 bridgehead atoms. The zero-order valence-corrected chi connectivity index (χ0v) is 13.0. The molecule has 2 N–H and O–H groups in total. The van der Waals surface area contributed by atoms with Crippen LogP contribution in [0, 0.1) is 0 Å². The molecule has 2 aromatic carbocycles. The van der Waals surface area contributed by atoms with Gasteiger partial charge in [0.15, 0.2) is 0 Å². The maximum atomic E-state index is 10.8. The number of fused-ring (bicyclic) bond motifs is 1. The van der Waals surface area contributed by atoms with E-state index in [9.17, 15) is 4.79 Å². The van der Waals surface area contributed by atoms with Crippen molar-refractivity contribution in [2.45, 2.75) is 26.6 Å². The Balaban J connectivity index is 1.68. The fraction of sp³-hybridized carbons (Fsp3) is 0.222. The molecular formula is C18H19N3O2. The van der Waals surface area contributed by atoms with E-state index < -0.39 is 5.97 Å². The first-order valence-corrected chi connectivity index (χ1v) is 7.66. The monoisotopic (exact) mass is 309 g/mol. The highest BCUT2D eigenvalue weighted by Gasteiger charge is 2.08. The lowest BCUT2D eigenvalue weighted by molar-refractivity contribution is 0.0697. The summed E-state index contributed by atoms with van der Waals surface area (Å²) in [5.74, 6) is -0.902. The second-order valence-electron chi connectivity index (χ2n) is 5.39. The predicted molar refractivity (Wildman–Crippen MR) is 89.4 cm³/mol. The minimum absolute atomic E-state index is 0.307. The number of carboxylic acids is 1. The molecule has 5 nitrogen and oxygen atoms in total. The van der Waals surface area contributed by atoms with Gasteiger partial charge < -0.3 is 10.4 Å². The number of benzene rings is 2. The Hall–Kier alpha value is -2.66. The van der Waals surface area contributed by atoms with E-state index in [0.29, 0.717) is 18.7 Å². The number of nitrogens with one attached hydrogen (secondary N) is 1. The third-order valence-electron chi connectivity index (χ3n) is 3.86. The molecule has 5 heteroatoms. The Morgan fingerprint density at radius 1 is 1.13 bits per heavy atom. The van der Waals surface area contributed by atoms with Crippen LogP contribution in [0.2, 0.25) is 0 Å². The molecule has 0 amide bonds. The molecular weight excluding hydrogens is 290 g/mol. The summed E-state index contributed by atoms with van der Waals surface area (Å²) in [5, 5.41) is 18.1. The van der Waals surface area contributed by atoms with Crippen molar-refractivity contribution < 1.29 is 9.90 Å². The van der Waals surface area contributed by atoms with Crippen LogP contribution in [0.3, 0.4) is 0 Å². The Labute approximate surface area is 134 Å². The lowest BCUT2D eigenvalue weighted by Gasteiger charge is -2.04. The Bertz CT molecular complexity index is 822. The Morgan fingerprint density at radius 2 is 1.87 bits per heavy atom. The predicted octanol–water partition coefficient (Wildman–Crippen LogP) is 3.04. The van der Waals surface area contributed by atoms with Crippen LogP contribution in [-0.2, 0) is 19.6 Å². The van der Waals surface area contributed by atoms with Gasteiger partial charge in [0.05, 0.1) is 16.8 Å². The van der Waals surface area contributed by atoms with E-state index in [2.05, 4.69) is 29.5 Å². The summed E-state index contributed by atoms with van der Waals surface area (Å²) < 4.78 is 2.01. The highest BCUT2D eigenvalue weighted by Crippen LogP contribution is 2.18. The van der Waals surface area contributed by atoms with E-state index in [0.717, 1.165) is 23.3 Å². The zero-order valence-electron chi connectivity index (χ0n) is 13.0. The molecule has 0 spiro atoms. The normalized spacial score (nSPS) is 11.0. The zero-order chi connectivity index (χ0) is 16.2. The summed E-state index contributed by atoms with van der Waals surface area (Å²) in [4.78, 5) is 10.8. The molecule has 23 heavy (non-hydrogen) atoms. The molecule has 0 atom stereocenters. The average Bonchev–Trinajstić information content (AvgIpc) is 2.94. The summed E-state index contributed by atoms with van der Waals surface area (Å²) >= 11 is 0. The van der Waals surface area contributed by atoms with Crippen molar-refractivity contribution in [1.82, 2.24) is 15.1 Å². The number of rotatable bonds is 6. The van der Waals surface area contributed by atoms with Crippen molar-refractivity contribution in [3.8, 4) is 0 Å². The molecule has 0 saturated carbocycles. The summed E-state index contributed by atoms with van der Waals surface area (Å²) in [6, 6.07) is 15.1. The minimum Gasteiger partial charge on any atom is -0.478 e. The molecule has 0 aliphatic carbocycles. The smallest absolute Gasteiger partial charge is 0.335 e. The van der Waals surface area contributed by atoms with E-state index in [1.54, 1.807) is 12.1 Å². The van der Waals surface area contributed by atoms with Gasteiger partial charge >= 0.3 is 5.97 Å². The van der Waals surface area contributed by atoms with Crippen molar-refractivity contribution in [2.75, 3.05) is 0 Å². The maximum absolute atomic E-state index is 10.8. The minimum atomic E-state index is -0.902. The topological polar surface area (TPSA) is 67.2 Å². The number of nitrogens with zero attached hydrogens (tertiary/aromatic N) is 2. The molecule has 1 aromatic heterocycles. The van der Waals surface area contributed by atoms with Gasteiger partial charge in [0.2, 0.25) is 0 Å². The molecule has 3 rings (SSSR count). The molecule has 0 aliphatic heterocycles. The third-order valence-corrected chi connectivity index (χ3v) is 3.86. The second kappa shape index (κ2) is 6.62. The molecule has 0 unspecified atom stereocenters. The van der Waals surface area contributed by atoms with Gasteiger partial charge in [-0.15, -0.1) is 0 Å². The van der Waals surface area contributed by atoms with Crippen molar-refractivity contribution in [1.29, 1.82) is 0 Å². The number of carbonyl (C=O) groups is 1. The van der Waals surface area contributed by atoms with Gasteiger partial charge in [0.1, 0.15) is 0 Å². The van der Waals surface area contributed by atoms with Crippen molar-refractivity contribution in [3.63, 3.8) is 0 Å². The van der Waals surface area contributed by atoms with E-state index in [1.807, 2.05) is 28.9 Å². The van der Waals surface area contributed by atoms with Gasteiger partial charge in [-0.2, -0.15) is 5.10 Å². The van der Waals surface area contributed by atoms with Crippen LogP contribution in [0.1, 0.15) is 28.5 Å². The van der Waals surface area contributed by atoms with E-state index in [1.165, 1.54) is 5.39 Å². The fourth-order valence-electron chi connectivity index (χ4n) is 2.66. The molecule has 3 aromatic rings. The van der Waals surface area contributed by atoms with Gasteiger partial charge in [0.25, 0.3) is 0 Å². The first-order valence-electron chi connectivity index (χ1n) is 7.66. The van der Waals surface area contributed by atoms with Crippen LogP contribution in [0.4, 0.5) is 0 Å². The number of aromatic carboxylic acids is 1. The Morgan fingerprint density at radius 3 is 2.57 bits per heavy atom. The number of aromatic nitrogens is 2. The van der Waals surface area contributed by atoms with E-state index >= 15 is 0 Å². The van der Waals surface area contributed by atoms with E-state index in [-0.39, 0.29) is 0 Å². The second-order valence-corrected chi connectivity index (χ2v) is 5.39. The van der Waals surface area contributed by atoms with E-state index in [4.69, 9.17) is 5.11 Å². The van der Waals surface area contributed by atoms with Crippen LogP contribution in [0.25, 0.3) is 10.9 Å². The van der Waals surface area contributed by atoms with Gasteiger partial charge in [-0.25, -0.2) is 4.79 Å². The molecule has 118 valence electrons. The van der Waals surface area contributed by atoms with Crippen LogP contribution >= 0.6 is 0 Å². The molecule has 0 aliphatic rings. The van der Waals surface area contributed by atoms with Gasteiger partial charge in [0, 0.05) is 25.0 Å². The van der Waals surface area contributed by atoms with Gasteiger partial charge in [-0.3, -0.25) is 4.68 Å².